The molecule has 6 nitrogen and oxygen atoms in total. The van der Waals surface area contributed by atoms with Crippen LogP contribution in [0.4, 0.5) is 4.39 Å². The van der Waals surface area contributed by atoms with Crippen LogP contribution in [0.2, 0.25) is 0 Å². The molecule has 2 aromatic rings. The summed E-state index contributed by atoms with van der Waals surface area (Å²) in [6.45, 7) is -0.474. The van der Waals surface area contributed by atoms with Crippen molar-refractivity contribution in [2.45, 2.75) is 13.0 Å². The Balaban J connectivity index is 2.02. The molecule has 0 aliphatic carbocycles. The average molecular weight is 298 g/mol. The van der Waals surface area contributed by atoms with Crippen LogP contribution in [0.1, 0.15) is 12.0 Å². The van der Waals surface area contributed by atoms with E-state index in [4.69, 9.17) is 0 Å². The molecule has 0 aliphatic rings. The fourth-order valence-electron chi connectivity index (χ4n) is 1.68. The summed E-state index contributed by atoms with van der Waals surface area (Å²) in [5.74, 6) is 0.415. The molecular formula is C12H15FN4O2S. The van der Waals surface area contributed by atoms with E-state index in [0.717, 1.165) is 11.1 Å². The molecule has 0 fully saturated rings. The minimum atomic E-state index is -3.43. The van der Waals surface area contributed by atoms with Gasteiger partial charge in [-0.1, -0.05) is 18.2 Å². The van der Waals surface area contributed by atoms with Gasteiger partial charge in [0.25, 0.3) is 0 Å². The zero-order valence-corrected chi connectivity index (χ0v) is 11.5. The number of aromatic amines is 1. The predicted molar refractivity (Wildman–Crippen MR) is 73.0 cm³/mol. The molecule has 0 amide bonds. The van der Waals surface area contributed by atoms with Crippen molar-refractivity contribution in [3.63, 3.8) is 0 Å². The standard InChI is InChI=1S/C12H15FN4O2S/c13-5-2-6-20(18,19)16-8-10-3-1-4-11(7-10)12-14-9-15-17-12/h1,3-4,7,9,16H,2,5-6,8H2,(H,14,15,17). The molecule has 1 heterocycles. The van der Waals surface area contributed by atoms with Crippen LogP contribution in [0.15, 0.2) is 30.6 Å². The average Bonchev–Trinajstić information content (AvgIpc) is 2.98. The number of nitrogens with zero attached hydrogens (tertiary/aromatic N) is 2. The van der Waals surface area contributed by atoms with Crippen LogP contribution in [0.5, 0.6) is 0 Å². The van der Waals surface area contributed by atoms with Crippen molar-refractivity contribution in [1.29, 1.82) is 0 Å². The van der Waals surface area contributed by atoms with Crippen molar-refractivity contribution in [1.82, 2.24) is 19.9 Å². The first kappa shape index (κ1) is 14.6. The van der Waals surface area contributed by atoms with Crippen LogP contribution >= 0.6 is 0 Å². The van der Waals surface area contributed by atoms with Gasteiger partial charge in [0.2, 0.25) is 10.0 Å². The van der Waals surface area contributed by atoms with E-state index in [9.17, 15) is 12.8 Å². The Kier molecular flexibility index (Phi) is 4.80. The van der Waals surface area contributed by atoms with Gasteiger partial charge in [-0.25, -0.2) is 18.1 Å². The molecule has 0 spiro atoms. The Bertz CT molecular complexity index is 643. The first-order valence-corrected chi connectivity index (χ1v) is 7.74. The van der Waals surface area contributed by atoms with Gasteiger partial charge in [0.1, 0.15) is 6.33 Å². The Labute approximate surface area is 116 Å². The third-order valence-electron chi connectivity index (χ3n) is 2.66. The smallest absolute Gasteiger partial charge is 0.211 e. The number of sulfonamides is 1. The van der Waals surface area contributed by atoms with Gasteiger partial charge in [-0.05, 0) is 18.1 Å². The third kappa shape index (κ3) is 4.10. The van der Waals surface area contributed by atoms with Gasteiger partial charge in [0, 0.05) is 12.1 Å². The van der Waals surface area contributed by atoms with E-state index in [-0.39, 0.29) is 18.7 Å². The molecule has 20 heavy (non-hydrogen) atoms. The van der Waals surface area contributed by atoms with Crippen molar-refractivity contribution in [3.05, 3.63) is 36.2 Å². The van der Waals surface area contributed by atoms with Gasteiger partial charge in [0.15, 0.2) is 5.82 Å². The maximum Gasteiger partial charge on any atom is 0.211 e. The molecule has 0 unspecified atom stereocenters. The van der Waals surface area contributed by atoms with Crippen molar-refractivity contribution in [3.8, 4) is 11.4 Å². The van der Waals surface area contributed by atoms with Gasteiger partial charge in [-0.15, -0.1) is 0 Å². The zero-order chi connectivity index (χ0) is 14.4. The van der Waals surface area contributed by atoms with Crippen molar-refractivity contribution >= 4 is 10.0 Å². The molecule has 2 rings (SSSR count). The van der Waals surface area contributed by atoms with E-state index < -0.39 is 16.7 Å². The minimum Gasteiger partial charge on any atom is -0.259 e. The van der Waals surface area contributed by atoms with Crippen LogP contribution in [0.3, 0.4) is 0 Å². The molecule has 2 N–H and O–H groups in total. The summed E-state index contributed by atoms with van der Waals surface area (Å²) < 4.78 is 37.6. The van der Waals surface area contributed by atoms with E-state index in [1.807, 2.05) is 18.2 Å². The molecule has 0 saturated carbocycles. The Hall–Kier alpha value is -1.80. The number of alkyl halides is 1. The molecule has 0 atom stereocenters. The Morgan fingerprint density at radius 1 is 1.35 bits per heavy atom. The normalized spacial score (nSPS) is 11.7. The summed E-state index contributed by atoms with van der Waals surface area (Å²) in [5.41, 5.74) is 1.62. The number of hydrogen-bond acceptors (Lipinski definition) is 4. The SMILES string of the molecule is O=S(=O)(CCCF)NCc1cccc(-c2ncn[nH]2)c1. The largest absolute Gasteiger partial charge is 0.259 e. The predicted octanol–water partition coefficient (Wildman–Crippen LogP) is 1.25. The molecule has 0 bridgehead atoms. The third-order valence-corrected chi connectivity index (χ3v) is 4.07. The first-order chi connectivity index (χ1) is 9.61. The second-order valence-electron chi connectivity index (χ2n) is 4.22. The number of hydrogen-bond donors (Lipinski definition) is 2. The highest BCUT2D eigenvalue weighted by atomic mass is 32.2. The topological polar surface area (TPSA) is 87.7 Å². The molecule has 0 radical (unpaired) electrons. The van der Waals surface area contributed by atoms with Crippen molar-refractivity contribution in [2.24, 2.45) is 0 Å². The lowest BCUT2D eigenvalue weighted by Gasteiger charge is -2.06. The monoisotopic (exact) mass is 298 g/mol. The molecule has 108 valence electrons. The summed E-state index contributed by atoms with van der Waals surface area (Å²) in [4.78, 5) is 4.03. The lowest BCUT2D eigenvalue weighted by molar-refractivity contribution is 0.483. The van der Waals surface area contributed by atoms with Gasteiger partial charge < -0.3 is 0 Å². The van der Waals surface area contributed by atoms with Crippen LogP contribution in [0, 0.1) is 0 Å². The molecule has 0 saturated heterocycles. The van der Waals surface area contributed by atoms with E-state index in [0.29, 0.717) is 5.82 Å². The highest BCUT2D eigenvalue weighted by molar-refractivity contribution is 7.89. The summed E-state index contributed by atoms with van der Waals surface area (Å²) >= 11 is 0. The first-order valence-electron chi connectivity index (χ1n) is 6.09. The van der Waals surface area contributed by atoms with E-state index in [1.54, 1.807) is 6.07 Å². The summed E-state index contributed by atoms with van der Waals surface area (Å²) in [6.07, 6.45) is 1.41. The van der Waals surface area contributed by atoms with E-state index >= 15 is 0 Å². The maximum absolute atomic E-state index is 12.0. The van der Waals surface area contributed by atoms with Crippen molar-refractivity contribution in [2.75, 3.05) is 12.4 Å². The molecule has 8 heteroatoms. The van der Waals surface area contributed by atoms with E-state index in [1.165, 1.54) is 6.33 Å². The number of aromatic nitrogens is 3. The van der Waals surface area contributed by atoms with Crippen LogP contribution in [-0.4, -0.2) is 36.0 Å². The number of nitrogens with one attached hydrogen (secondary N) is 2. The van der Waals surface area contributed by atoms with Crippen LogP contribution < -0.4 is 4.72 Å². The fraction of sp³-hybridized carbons (Fsp3) is 0.333. The summed E-state index contributed by atoms with van der Waals surface area (Å²) in [5, 5.41) is 6.50. The minimum absolute atomic E-state index is 0.00738. The Morgan fingerprint density at radius 3 is 2.90 bits per heavy atom. The van der Waals surface area contributed by atoms with Gasteiger partial charge >= 0.3 is 0 Å². The van der Waals surface area contributed by atoms with E-state index in [2.05, 4.69) is 19.9 Å². The second-order valence-corrected chi connectivity index (χ2v) is 6.14. The van der Waals surface area contributed by atoms with Crippen LogP contribution in [0.25, 0.3) is 11.4 Å². The number of rotatable bonds is 7. The molecule has 1 aromatic carbocycles. The maximum atomic E-state index is 12.0. The quantitative estimate of drug-likeness (QED) is 0.805. The van der Waals surface area contributed by atoms with Gasteiger partial charge in [0.05, 0.1) is 12.4 Å². The summed E-state index contributed by atoms with van der Waals surface area (Å²) in [6, 6.07) is 7.28. The highest BCUT2D eigenvalue weighted by Crippen LogP contribution is 2.15. The summed E-state index contributed by atoms with van der Waals surface area (Å²) in [7, 11) is -3.43. The number of H-pyrrole nitrogens is 1. The molecule has 0 aliphatic heterocycles. The number of halogens is 1. The zero-order valence-electron chi connectivity index (χ0n) is 10.7. The lowest BCUT2D eigenvalue weighted by Crippen LogP contribution is -2.26. The lowest BCUT2D eigenvalue weighted by atomic mass is 10.1. The van der Waals surface area contributed by atoms with Crippen molar-refractivity contribution < 1.29 is 12.8 Å². The Morgan fingerprint density at radius 2 is 2.20 bits per heavy atom. The van der Waals surface area contributed by atoms with Gasteiger partial charge in [-0.3, -0.25) is 9.49 Å². The second kappa shape index (κ2) is 6.58. The number of benzene rings is 1. The van der Waals surface area contributed by atoms with Crippen LogP contribution in [-0.2, 0) is 16.6 Å². The fourth-order valence-corrected chi connectivity index (χ4v) is 2.70. The molecular weight excluding hydrogens is 283 g/mol. The molecule has 1 aromatic heterocycles. The highest BCUT2D eigenvalue weighted by Gasteiger charge is 2.10. The van der Waals surface area contributed by atoms with Gasteiger partial charge in [-0.2, -0.15) is 5.10 Å².